The number of hydrogen-bond acceptors (Lipinski definition) is 7. The molecule has 10 heteroatoms. The Morgan fingerprint density at radius 1 is 1.09 bits per heavy atom. The quantitative estimate of drug-likeness (QED) is 0.223. The van der Waals surface area contributed by atoms with Gasteiger partial charge < -0.3 is 18.9 Å². The molecule has 5 aromatic rings. The van der Waals surface area contributed by atoms with Gasteiger partial charge in [-0.25, -0.2) is 4.39 Å². The Balaban J connectivity index is 1.36. The minimum Gasteiger partial charge on any atom is -0.455 e. The van der Waals surface area contributed by atoms with Gasteiger partial charge in [0.15, 0.2) is 0 Å². The van der Waals surface area contributed by atoms with Crippen molar-refractivity contribution in [1.29, 1.82) is 0 Å². The first-order valence-electron chi connectivity index (χ1n) is 14.2. The fourth-order valence-electron chi connectivity index (χ4n) is 5.86. The number of carbonyl (C=O) groups excluding carboxylic acids is 2. The van der Waals surface area contributed by atoms with E-state index in [2.05, 4.69) is 19.6 Å². The second kappa shape index (κ2) is 12.0. The molecule has 3 heterocycles. The fourth-order valence-corrected chi connectivity index (χ4v) is 6.22. The Bertz CT molecular complexity index is 1820. The largest absolute Gasteiger partial charge is 0.455 e. The number of carbonyl (C=O) groups is 2. The maximum atomic E-state index is 13.7. The average Bonchev–Trinajstić information content (AvgIpc) is 3.42. The number of amides is 2. The molecule has 8 nitrogen and oxygen atoms in total. The third kappa shape index (κ3) is 5.67. The lowest BCUT2D eigenvalue weighted by Crippen LogP contribution is -2.40. The van der Waals surface area contributed by atoms with E-state index in [4.69, 9.17) is 4.42 Å². The van der Waals surface area contributed by atoms with Gasteiger partial charge in [0.05, 0.1) is 28.7 Å². The number of furan rings is 1. The number of aromatic nitrogens is 2. The zero-order valence-electron chi connectivity index (χ0n) is 24.3. The van der Waals surface area contributed by atoms with Gasteiger partial charge in [-0.1, -0.05) is 18.0 Å². The van der Waals surface area contributed by atoms with Gasteiger partial charge in [0.2, 0.25) is 5.91 Å². The van der Waals surface area contributed by atoms with E-state index in [9.17, 15) is 14.0 Å². The molecule has 1 fully saturated rings. The predicted octanol–water partition coefficient (Wildman–Crippen LogP) is 6.20. The summed E-state index contributed by atoms with van der Waals surface area (Å²) in [4.78, 5) is 37.3. The molecule has 0 radical (unpaired) electrons. The Morgan fingerprint density at radius 3 is 2.60 bits per heavy atom. The first kappa shape index (κ1) is 28.7. The Kier molecular flexibility index (Phi) is 8.03. The van der Waals surface area contributed by atoms with Crippen molar-refractivity contribution in [1.82, 2.24) is 20.2 Å². The highest BCUT2D eigenvalue weighted by Gasteiger charge is 2.30. The van der Waals surface area contributed by atoms with Crippen LogP contribution in [0.25, 0.3) is 33.3 Å². The molecule has 43 heavy (non-hydrogen) atoms. The lowest BCUT2D eigenvalue weighted by molar-refractivity contribution is -0.131. The van der Waals surface area contributed by atoms with Crippen LogP contribution in [0.15, 0.2) is 71.4 Å². The minimum atomic E-state index is -0.363. The molecule has 0 unspecified atom stereocenters. The van der Waals surface area contributed by atoms with E-state index in [0.29, 0.717) is 47.4 Å². The van der Waals surface area contributed by atoms with Crippen molar-refractivity contribution >= 4 is 51.5 Å². The number of fused-ring (bicyclic) bond motifs is 2. The maximum Gasteiger partial charge on any atom is 0.255 e. The van der Waals surface area contributed by atoms with Crippen LogP contribution in [-0.2, 0) is 11.2 Å². The van der Waals surface area contributed by atoms with E-state index in [1.54, 1.807) is 43.5 Å². The summed E-state index contributed by atoms with van der Waals surface area (Å²) in [6, 6.07) is 15.7. The summed E-state index contributed by atoms with van der Waals surface area (Å²) in [5, 5.41) is 3.42. The number of rotatable bonds is 7. The molecule has 0 aliphatic carbocycles. The highest BCUT2D eigenvalue weighted by atomic mass is 32.2. The third-order valence-corrected chi connectivity index (χ3v) is 8.86. The number of nitrogens with one attached hydrogen (secondary N) is 1. The summed E-state index contributed by atoms with van der Waals surface area (Å²) < 4.78 is 22.1. The van der Waals surface area contributed by atoms with Crippen molar-refractivity contribution in [3.05, 3.63) is 89.5 Å². The number of benzene rings is 3. The normalized spacial score (nSPS) is 15.2. The Labute approximate surface area is 253 Å². The molecular formula is C33H32FN5O3S. The lowest BCUT2D eigenvalue weighted by atomic mass is 9.87. The number of likely N-dealkylation sites (tertiary alicyclic amines) is 1. The van der Waals surface area contributed by atoms with Crippen molar-refractivity contribution in [2.75, 3.05) is 37.7 Å². The molecule has 1 aliphatic heterocycles. The van der Waals surface area contributed by atoms with Gasteiger partial charge in [0, 0.05) is 68.8 Å². The predicted molar refractivity (Wildman–Crippen MR) is 169 cm³/mol. The second-order valence-electron chi connectivity index (χ2n) is 10.7. The first-order valence-corrected chi connectivity index (χ1v) is 15.4. The van der Waals surface area contributed by atoms with E-state index in [-0.39, 0.29) is 23.5 Å². The Morgan fingerprint density at radius 2 is 1.86 bits per heavy atom. The molecule has 1 aliphatic rings. The zero-order chi connectivity index (χ0) is 30.1. The number of anilines is 1. The summed E-state index contributed by atoms with van der Waals surface area (Å²) in [5.41, 5.74) is 6.10. The smallest absolute Gasteiger partial charge is 0.255 e. The molecule has 0 saturated carbocycles. The number of halogens is 1. The zero-order valence-corrected chi connectivity index (χ0v) is 25.1. The molecule has 2 aromatic heterocycles. The SMILES string of the molecule is CNC(=O)c1c(-c2ccc(F)cc2)oc2cc(N(C)SC)c([C@H]3CCCN(C(=O)Cc4ccc5nccnc5c4)C3)cc12. The van der Waals surface area contributed by atoms with Gasteiger partial charge in [-0.05, 0) is 66.4 Å². The second-order valence-corrected chi connectivity index (χ2v) is 11.6. The van der Waals surface area contributed by atoms with Crippen molar-refractivity contribution in [2.45, 2.75) is 25.2 Å². The highest BCUT2D eigenvalue weighted by molar-refractivity contribution is 7.99. The van der Waals surface area contributed by atoms with Crippen LogP contribution in [0.1, 0.15) is 40.2 Å². The molecule has 3 aromatic carbocycles. The van der Waals surface area contributed by atoms with Crippen LogP contribution in [0.3, 0.4) is 0 Å². The van der Waals surface area contributed by atoms with Gasteiger partial charge in [0.25, 0.3) is 5.91 Å². The van der Waals surface area contributed by atoms with Gasteiger partial charge in [0.1, 0.15) is 17.2 Å². The number of piperidine rings is 1. The topological polar surface area (TPSA) is 91.6 Å². The number of hydrogen-bond donors (Lipinski definition) is 1. The van der Waals surface area contributed by atoms with Gasteiger partial charge >= 0.3 is 0 Å². The maximum absolute atomic E-state index is 13.7. The first-order chi connectivity index (χ1) is 20.9. The van der Waals surface area contributed by atoms with E-state index < -0.39 is 0 Å². The van der Waals surface area contributed by atoms with Gasteiger partial charge in [-0.15, -0.1) is 0 Å². The van der Waals surface area contributed by atoms with Crippen LogP contribution >= 0.6 is 11.9 Å². The summed E-state index contributed by atoms with van der Waals surface area (Å²) in [6.07, 6.45) is 7.38. The van der Waals surface area contributed by atoms with Crippen LogP contribution < -0.4 is 9.62 Å². The summed E-state index contributed by atoms with van der Waals surface area (Å²) in [6.45, 7) is 1.27. The molecule has 6 rings (SSSR count). The van der Waals surface area contributed by atoms with Crippen molar-refractivity contribution in [3.63, 3.8) is 0 Å². The molecule has 220 valence electrons. The van der Waals surface area contributed by atoms with Gasteiger partial charge in [-0.2, -0.15) is 0 Å². The highest BCUT2D eigenvalue weighted by Crippen LogP contribution is 2.42. The van der Waals surface area contributed by atoms with Crippen molar-refractivity contribution in [2.24, 2.45) is 0 Å². The van der Waals surface area contributed by atoms with E-state index in [1.165, 1.54) is 12.1 Å². The van der Waals surface area contributed by atoms with Crippen molar-refractivity contribution in [3.8, 4) is 11.3 Å². The van der Waals surface area contributed by atoms with Crippen molar-refractivity contribution < 1.29 is 18.4 Å². The van der Waals surface area contributed by atoms with Crippen LogP contribution in [0.2, 0.25) is 0 Å². The molecule has 0 spiro atoms. The monoisotopic (exact) mass is 597 g/mol. The van der Waals surface area contributed by atoms with Crippen LogP contribution in [0.5, 0.6) is 0 Å². The molecule has 1 N–H and O–H groups in total. The summed E-state index contributed by atoms with van der Waals surface area (Å²) in [7, 11) is 3.58. The van der Waals surface area contributed by atoms with E-state index in [0.717, 1.165) is 40.7 Å². The average molecular weight is 598 g/mol. The summed E-state index contributed by atoms with van der Waals surface area (Å²) in [5.74, 6) is -0.115. The molecule has 2 amide bonds. The fraction of sp³-hybridized carbons (Fsp3) is 0.273. The van der Waals surface area contributed by atoms with E-state index >= 15 is 0 Å². The molecule has 0 bridgehead atoms. The molecule has 1 atom stereocenters. The van der Waals surface area contributed by atoms with Gasteiger partial charge in [-0.3, -0.25) is 19.6 Å². The van der Waals surface area contributed by atoms with Crippen LogP contribution in [0.4, 0.5) is 10.1 Å². The minimum absolute atomic E-state index is 0.0656. The summed E-state index contributed by atoms with van der Waals surface area (Å²) >= 11 is 1.57. The lowest BCUT2D eigenvalue weighted by Gasteiger charge is -2.35. The Hall–Kier alpha value is -4.44. The molecular weight excluding hydrogens is 565 g/mol. The van der Waals surface area contributed by atoms with Crippen LogP contribution in [0, 0.1) is 5.82 Å². The van der Waals surface area contributed by atoms with E-state index in [1.807, 2.05) is 48.5 Å². The molecule has 1 saturated heterocycles. The number of nitrogens with zero attached hydrogens (tertiary/aromatic N) is 4. The standard InChI is InChI=1S/C33H32FN5O3S/c1-35-33(41)31-25-17-24(28(38(2)43-3)18-29(25)42-32(31)21-7-9-23(34)10-8-21)22-5-4-14-39(19-22)30(40)16-20-6-11-26-27(15-20)37-13-12-36-26/h6-13,15,17-18,22H,4-5,14,16,19H2,1-3H3,(H,35,41)/t22-/m0/s1. The third-order valence-electron chi connectivity index (χ3n) is 8.11. The van der Waals surface area contributed by atoms with Crippen LogP contribution in [-0.4, -0.2) is 60.1 Å².